The summed E-state index contributed by atoms with van der Waals surface area (Å²) in [6, 6.07) is 21.6. The van der Waals surface area contributed by atoms with E-state index in [1.54, 1.807) is 23.0 Å². The van der Waals surface area contributed by atoms with Gasteiger partial charge < -0.3 is 10.1 Å². The van der Waals surface area contributed by atoms with Crippen molar-refractivity contribution in [3.05, 3.63) is 106 Å². The summed E-state index contributed by atoms with van der Waals surface area (Å²) in [7, 11) is 0. The Bertz CT molecular complexity index is 1680. The lowest BCUT2D eigenvalue weighted by atomic mass is 10.0. The maximum atomic E-state index is 13.0. The van der Waals surface area contributed by atoms with Crippen molar-refractivity contribution >= 4 is 28.3 Å². The van der Waals surface area contributed by atoms with Crippen molar-refractivity contribution < 1.29 is 14.5 Å². The summed E-state index contributed by atoms with van der Waals surface area (Å²) in [6.07, 6.45) is 1.70. The van der Waals surface area contributed by atoms with E-state index in [9.17, 15) is 14.9 Å². The molecule has 0 spiro atoms. The van der Waals surface area contributed by atoms with E-state index in [-0.39, 0.29) is 23.7 Å². The van der Waals surface area contributed by atoms with Crippen molar-refractivity contribution in [3.63, 3.8) is 0 Å². The molecule has 1 amide bonds. The van der Waals surface area contributed by atoms with Gasteiger partial charge in [-0.3, -0.25) is 14.9 Å². The van der Waals surface area contributed by atoms with E-state index in [1.807, 2.05) is 69.3 Å². The normalized spacial score (nSPS) is 10.9. The first kappa shape index (κ1) is 24.6. The molecular weight excluding hydrogens is 482 g/mol. The average molecular weight is 508 g/mol. The fourth-order valence-electron chi connectivity index (χ4n) is 4.34. The number of benzene rings is 3. The van der Waals surface area contributed by atoms with Gasteiger partial charge in [-0.25, -0.2) is 9.67 Å². The highest BCUT2D eigenvalue weighted by atomic mass is 16.6. The number of pyridine rings is 1. The largest absolute Gasteiger partial charge is 0.457 e. The third kappa shape index (κ3) is 5.22. The number of aromatic nitrogens is 3. The Morgan fingerprint density at radius 2 is 1.76 bits per heavy atom. The second kappa shape index (κ2) is 10.1. The van der Waals surface area contributed by atoms with E-state index in [1.165, 1.54) is 12.1 Å². The standard InChI is InChI=1S/C29H25N5O4/c1-18-7-9-21(10-8-18)26-11-12-30-29-28(26)20(3)32-33(29)17-27(35)31-22-14-23(34(36)37)16-25(15-22)38-24-6-4-5-19(2)13-24/h4-16H,17H2,1-3H3,(H,31,35). The maximum absolute atomic E-state index is 13.0. The van der Waals surface area contributed by atoms with Crippen LogP contribution in [0, 0.1) is 30.9 Å². The van der Waals surface area contributed by atoms with Crippen molar-refractivity contribution in [2.75, 3.05) is 5.32 Å². The number of hydrogen-bond donors (Lipinski definition) is 1. The van der Waals surface area contributed by atoms with Crippen LogP contribution < -0.4 is 10.1 Å². The lowest BCUT2D eigenvalue weighted by molar-refractivity contribution is -0.384. The third-order valence-electron chi connectivity index (χ3n) is 6.08. The third-order valence-corrected chi connectivity index (χ3v) is 6.08. The monoisotopic (exact) mass is 507 g/mol. The topological polar surface area (TPSA) is 112 Å². The van der Waals surface area contributed by atoms with Crippen molar-refractivity contribution in [2.45, 2.75) is 27.3 Å². The number of carbonyl (C=O) groups excluding carboxylic acids is 1. The summed E-state index contributed by atoms with van der Waals surface area (Å²) >= 11 is 0. The Hall–Kier alpha value is -5.05. The second-order valence-electron chi connectivity index (χ2n) is 9.11. The molecule has 5 aromatic rings. The Balaban J connectivity index is 1.41. The van der Waals surface area contributed by atoms with Crippen molar-refractivity contribution in [1.29, 1.82) is 0 Å². The average Bonchev–Trinajstić information content (AvgIpc) is 3.19. The molecule has 0 saturated carbocycles. The van der Waals surface area contributed by atoms with Gasteiger partial charge in [0.05, 0.1) is 22.4 Å². The zero-order chi connectivity index (χ0) is 26.8. The minimum Gasteiger partial charge on any atom is -0.457 e. The second-order valence-corrected chi connectivity index (χ2v) is 9.11. The predicted octanol–water partition coefficient (Wildman–Crippen LogP) is 6.36. The van der Waals surface area contributed by atoms with Gasteiger partial charge in [0.2, 0.25) is 5.91 Å². The molecule has 0 bridgehead atoms. The minimum atomic E-state index is -0.528. The summed E-state index contributed by atoms with van der Waals surface area (Å²) in [5, 5.41) is 19.7. The Labute approximate surface area is 218 Å². The van der Waals surface area contributed by atoms with Crippen LogP contribution in [0.5, 0.6) is 11.5 Å². The maximum Gasteiger partial charge on any atom is 0.275 e. The number of amides is 1. The summed E-state index contributed by atoms with van der Waals surface area (Å²) in [6.45, 7) is 5.72. The molecule has 0 unspecified atom stereocenters. The molecule has 0 radical (unpaired) electrons. The highest BCUT2D eigenvalue weighted by molar-refractivity contribution is 5.96. The number of hydrogen-bond acceptors (Lipinski definition) is 6. The van der Waals surface area contributed by atoms with Gasteiger partial charge in [-0.15, -0.1) is 0 Å². The molecule has 1 N–H and O–H groups in total. The fourth-order valence-corrected chi connectivity index (χ4v) is 4.34. The van der Waals surface area contributed by atoms with Crippen LogP contribution in [0.15, 0.2) is 79.0 Å². The van der Waals surface area contributed by atoms with Gasteiger partial charge >= 0.3 is 0 Å². The number of nitro benzene ring substituents is 1. The summed E-state index contributed by atoms with van der Waals surface area (Å²) in [5.74, 6) is 0.376. The first-order valence-corrected chi connectivity index (χ1v) is 12.0. The number of carbonyl (C=O) groups is 1. The number of fused-ring (bicyclic) bond motifs is 1. The highest BCUT2D eigenvalue weighted by Crippen LogP contribution is 2.31. The molecule has 38 heavy (non-hydrogen) atoms. The van der Waals surface area contributed by atoms with E-state index in [4.69, 9.17) is 4.74 Å². The Morgan fingerprint density at radius 1 is 0.974 bits per heavy atom. The van der Waals surface area contributed by atoms with Crippen LogP contribution in [-0.4, -0.2) is 25.6 Å². The molecule has 0 fully saturated rings. The molecule has 0 aliphatic rings. The molecule has 9 nitrogen and oxygen atoms in total. The van der Waals surface area contributed by atoms with Crippen molar-refractivity contribution in [2.24, 2.45) is 0 Å². The van der Waals surface area contributed by atoms with Crippen LogP contribution in [0.3, 0.4) is 0 Å². The molecular formula is C29H25N5O4. The number of non-ortho nitro benzene ring substituents is 1. The first-order chi connectivity index (χ1) is 18.3. The number of rotatable bonds is 7. The van der Waals surface area contributed by atoms with Crippen LogP contribution >= 0.6 is 0 Å². The number of anilines is 1. The lowest BCUT2D eigenvalue weighted by Crippen LogP contribution is -2.20. The SMILES string of the molecule is Cc1ccc(-c2ccnc3c2c(C)nn3CC(=O)Nc2cc(Oc3cccc(C)c3)cc([N+](=O)[O-])c2)cc1. The number of ether oxygens (including phenoxy) is 1. The van der Waals surface area contributed by atoms with Gasteiger partial charge in [-0.05, 0) is 55.7 Å². The van der Waals surface area contributed by atoms with E-state index in [2.05, 4.69) is 15.4 Å². The lowest BCUT2D eigenvalue weighted by Gasteiger charge is -2.10. The number of nitro groups is 1. The molecule has 0 aliphatic carbocycles. The van der Waals surface area contributed by atoms with E-state index >= 15 is 0 Å². The van der Waals surface area contributed by atoms with Crippen LogP contribution in [0.2, 0.25) is 0 Å². The molecule has 2 aromatic heterocycles. The highest BCUT2D eigenvalue weighted by Gasteiger charge is 2.18. The predicted molar refractivity (Wildman–Crippen MR) is 145 cm³/mol. The summed E-state index contributed by atoms with van der Waals surface area (Å²) < 4.78 is 7.37. The smallest absolute Gasteiger partial charge is 0.275 e. The van der Waals surface area contributed by atoms with Gasteiger partial charge in [-0.1, -0.05) is 42.0 Å². The Kier molecular flexibility index (Phi) is 6.57. The van der Waals surface area contributed by atoms with Crippen molar-refractivity contribution in [3.8, 4) is 22.6 Å². The van der Waals surface area contributed by atoms with Crippen LogP contribution in [0.25, 0.3) is 22.2 Å². The van der Waals surface area contributed by atoms with Crippen molar-refractivity contribution in [1.82, 2.24) is 14.8 Å². The summed E-state index contributed by atoms with van der Waals surface area (Å²) in [5.41, 5.74) is 5.55. The van der Waals surface area contributed by atoms with Gasteiger partial charge in [0, 0.05) is 23.7 Å². The first-order valence-electron chi connectivity index (χ1n) is 12.0. The van der Waals surface area contributed by atoms with E-state index in [0.29, 0.717) is 11.4 Å². The van der Waals surface area contributed by atoms with Crippen LogP contribution in [-0.2, 0) is 11.3 Å². The number of nitrogens with zero attached hydrogens (tertiary/aromatic N) is 4. The molecule has 190 valence electrons. The summed E-state index contributed by atoms with van der Waals surface area (Å²) in [4.78, 5) is 28.5. The van der Waals surface area contributed by atoms with E-state index in [0.717, 1.165) is 33.3 Å². The van der Waals surface area contributed by atoms with Gasteiger partial charge in [0.25, 0.3) is 5.69 Å². The quantitative estimate of drug-likeness (QED) is 0.203. The zero-order valence-corrected chi connectivity index (χ0v) is 21.1. The zero-order valence-electron chi connectivity index (χ0n) is 21.1. The molecule has 0 saturated heterocycles. The van der Waals surface area contributed by atoms with Gasteiger partial charge in [0.1, 0.15) is 18.0 Å². The fraction of sp³-hybridized carbons (Fsp3) is 0.138. The van der Waals surface area contributed by atoms with Gasteiger partial charge in [-0.2, -0.15) is 5.10 Å². The number of aryl methyl sites for hydroxylation is 3. The van der Waals surface area contributed by atoms with E-state index < -0.39 is 10.8 Å². The minimum absolute atomic E-state index is 0.120. The molecule has 2 heterocycles. The van der Waals surface area contributed by atoms with Crippen LogP contribution in [0.1, 0.15) is 16.8 Å². The number of nitrogens with one attached hydrogen (secondary N) is 1. The molecule has 3 aromatic carbocycles. The van der Waals surface area contributed by atoms with Gasteiger partial charge in [0.15, 0.2) is 5.65 Å². The Morgan fingerprint density at radius 3 is 2.50 bits per heavy atom. The molecule has 5 rings (SSSR count). The molecule has 0 aliphatic heterocycles. The molecule has 0 atom stereocenters. The van der Waals surface area contributed by atoms with Crippen LogP contribution in [0.4, 0.5) is 11.4 Å². The molecule has 9 heteroatoms.